The summed E-state index contributed by atoms with van der Waals surface area (Å²) in [4.78, 5) is 24.6. The number of hydrogen-bond acceptors (Lipinski definition) is 3. The van der Waals surface area contributed by atoms with Gasteiger partial charge in [0.05, 0.1) is 0 Å². The first-order chi connectivity index (χ1) is 10.5. The van der Waals surface area contributed by atoms with Gasteiger partial charge in [-0.3, -0.25) is 14.4 Å². The molecule has 4 nitrogen and oxygen atoms in total. The van der Waals surface area contributed by atoms with Gasteiger partial charge in [-0.05, 0) is 72.0 Å². The Morgan fingerprint density at radius 3 is 2.55 bits per heavy atom. The number of amides is 3. The number of urea groups is 1. The van der Waals surface area contributed by atoms with Crippen LogP contribution < -0.4 is 5.32 Å². The molecule has 22 heavy (non-hydrogen) atoms. The van der Waals surface area contributed by atoms with Crippen molar-refractivity contribution < 1.29 is 9.59 Å². The first kappa shape index (κ1) is 17.6. The molecule has 0 saturated heterocycles. The van der Waals surface area contributed by atoms with Gasteiger partial charge in [0.15, 0.2) is 0 Å². The SMILES string of the molecule is CSN(C(=O)NC(=O)c1ccc(C)c(I)c1)C1CCCCC1. The molecule has 2 rings (SSSR count). The summed E-state index contributed by atoms with van der Waals surface area (Å²) in [7, 11) is 0. The van der Waals surface area contributed by atoms with Crippen LogP contribution in [-0.4, -0.2) is 28.5 Å². The average Bonchev–Trinajstić information content (AvgIpc) is 2.51. The zero-order chi connectivity index (χ0) is 16.1. The van der Waals surface area contributed by atoms with Crippen LogP contribution in [0.15, 0.2) is 18.2 Å². The Labute approximate surface area is 149 Å². The maximum absolute atomic E-state index is 12.4. The molecule has 1 aliphatic carbocycles. The fourth-order valence-corrected chi connectivity index (χ4v) is 3.91. The molecule has 0 aromatic heterocycles. The second-order valence-corrected chi connectivity index (χ2v) is 7.44. The van der Waals surface area contributed by atoms with Crippen molar-refractivity contribution in [3.05, 3.63) is 32.9 Å². The molecule has 1 N–H and O–H groups in total. The molecule has 120 valence electrons. The van der Waals surface area contributed by atoms with Crippen LogP contribution in [0.3, 0.4) is 0 Å². The molecular formula is C16H21IN2O2S. The summed E-state index contributed by atoms with van der Waals surface area (Å²) in [6.45, 7) is 1.99. The molecular weight excluding hydrogens is 411 g/mol. The third kappa shape index (κ3) is 4.38. The van der Waals surface area contributed by atoms with Crippen molar-refractivity contribution >= 4 is 46.5 Å². The lowest BCUT2D eigenvalue weighted by Crippen LogP contribution is -2.44. The predicted molar refractivity (Wildman–Crippen MR) is 99.0 cm³/mol. The number of imide groups is 1. The van der Waals surface area contributed by atoms with E-state index in [1.807, 2.05) is 25.3 Å². The number of hydrogen-bond donors (Lipinski definition) is 1. The number of nitrogens with zero attached hydrogens (tertiary/aromatic N) is 1. The molecule has 1 aromatic carbocycles. The Kier molecular flexibility index (Phi) is 6.55. The van der Waals surface area contributed by atoms with E-state index in [-0.39, 0.29) is 18.0 Å². The fourth-order valence-electron chi connectivity index (χ4n) is 2.67. The minimum absolute atomic E-state index is 0.231. The lowest BCUT2D eigenvalue weighted by molar-refractivity contribution is 0.0956. The van der Waals surface area contributed by atoms with Crippen molar-refractivity contribution in [2.24, 2.45) is 0 Å². The van der Waals surface area contributed by atoms with E-state index in [1.54, 1.807) is 10.4 Å². The van der Waals surface area contributed by atoms with Gasteiger partial charge in [0.2, 0.25) is 0 Å². The van der Waals surface area contributed by atoms with Crippen molar-refractivity contribution in [3.8, 4) is 0 Å². The fraction of sp³-hybridized carbons (Fsp3) is 0.500. The largest absolute Gasteiger partial charge is 0.334 e. The predicted octanol–water partition coefficient (Wildman–Crippen LogP) is 4.36. The van der Waals surface area contributed by atoms with Crippen molar-refractivity contribution in [2.45, 2.75) is 45.1 Å². The topological polar surface area (TPSA) is 49.4 Å². The molecule has 1 aliphatic rings. The van der Waals surface area contributed by atoms with Gasteiger partial charge in [-0.2, -0.15) is 0 Å². The van der Waals surface area contributed by atoms with Gasteiger partial charge >= 0.3 is 6.03 Å². The van der Waals surface area contributed by atoms with Crippen LogP contribution in [0.4, 0.5) is 4.79 Å². The highest BCUT2D eigenvalue weighted by Gasteiger charge is 2.26. The van der Waals surface area contributed by atoms with Crippen LogP contribution >= 0.6 is 34.5 Å². The van der Waals surface area contributed by atoms with Gasteiger partial charge in [-0.25, -0.2) is 4.79 Å². The first-order valence-electron chi connectivity index (χ1n) is 7.47. The molecule has 1 fully saturated rings. The highest BCUT2D eigenvalue weighted by molar-refractivity contribution is 14.1. The smallest absolute Gasteiger partial charge is 0.273 e. The van der Waals surface area contributed by atoms with E-state index in [0.29, 0.717) is 5.56 Å². The number of aryl methyl sites for hydroxylation is 1. The Balaban J connectivity index is 2.02. The summed E-state index contributed by atoms with van der Waals surface area (Å²) in [5, 5.41) is 2.52. The standard InChI is InChI=1S/C16H21IN2O2S/c1-11-8-9-12(10-14(11)17)15(20)18-16(21)19(22-2)13-6-4-3-5-7-13/h8-10,13H,3-7H2,1-2H3,(H,18,20,21). The Morgan fingerprint density at radius 1 is 1.27 bits per heavy atom. The van der Waals surface area contributed by atoms with Crippen LogP contribution in [-0.2, 0) is 0 Å². The number of rotatable bonds is 3. The number of nitrogens with one attached hydrogen (secondary N) is 1. The number of benzene rings is 1. The van der Waals surface area contributed by atoms with Crippen LogP contribution in [0.2, 0.25) is 0 Å². The summed E-state index contributed by atoms with van der Waals surface area (Å²) < 4.78 is 2.74. The van der Waals surface area contributed by atoms with Gasteiger partial charge in [0.1, 0.15) is 0 Å². The minimum atomic E-state index is -0.335. The quantitative estimate of drug-likeness (QED) is 0.571. The summed E-state index contributed by atoms with van der Waals surface area (Å²) in [5.74, 6) is -0.335. The third-order valence-corrected chi connectivity index (χ3v) is 5.98. The molecule has 0 bridgehead atoms. The second-order valence-electron chi connectivity index (χ2n) is 5.52. The second kappa shape index (κ2) is 8.19. The summed E-state index contributed by atoms with van der Waals surface area (Å²) in [6.07, 6.45) is 7.46. The van der Waals surface area contributed by atoms with Gasteiger partial charge in [0.25, 0.3) is 5.91 Å². The summed E-state index contributed by atoms with van der Waals surface area (Å²) >= 11 is 3.59. The molecule has 0 unspecified atom stereocenters. The molecule has 3 amide bonds. The van der Waals surface area contributed by atoms with E-state index in [1.165, 1.54) is 18.4 Å². The van der Waals surface area contributed by atoms with Gasteiger partial charge in [0, 0.05) is 21.4 Å². The molecule has 0 atom stereocenters. The molecule has 1 saturated carbocycles. The maximum Gasteiger partial charge on any atom is 0.334 e. The van der Waals surface area contributed by atoms with E-state index in [2.05, 4.69) is 27.9 Å². The molecule has 6 heteroatoms. The lowest BCUT2D eigenvalue weighted by Gasteiger charge is -2.31. The van der Waals surface area contributed by atoms with Crippen molar-refractivity contribution in [1.82, 2.24) is 9.62 Å². The minimum Gasteiger partial charge on any atom is -0.273 e. The zero-order valence-electron chi connectivity index (χ0n) is 12.9. The van der Waals surface area contributed by atoms with Gasteiger partial charge in [-0.15, -0.1) is 0 Å². The van der Waals surface area contributed by atoms with E-state index >= 15 is 0 Å². The molecule has 0 aliphatic heterocycles. The van der Waals surface area contributed by atoms with E-state index in [9.17, 15) is 9.59 Å². The van der Waals surface area contributed by atoms with Crippen molar-refractivity contribution in [1.29, 1.82) is 0 Å². The maximum atomic E-state index is 12.4. The lowest BCUT2D eigenvalue weighted by atomic mass is 9.96. The van der Waals surface area contributed by atoms with Crippen LogP contribution in [0.5, 0.6) is 0 Å². The zero-order valence-corrected chi connectivity index (χ0v) is 15.9. The highest BCUT2D eigenvalue weighted by Crippen LogP contribution is 2.26. The summed E-state index contributed by atoms with van der Waals surface area (Å²) in [5.41, 5.74) is 1.64. The van der Waals surface area contributed by atoms with Crippen LogP contribution in [0.1, 0.15) is 48.0 Å². The first-order valence-corrected chi connectivity index (χ1v) is 9.73. The Morgan fingerprint density at radius 2 is 1.95 bits per heavy atom. The third-order valence-electron chi connectivity index (χ3n) is 3.96. The Bertz CT molecular complexity index is 559. The number of carbonyl (C=O) groups is 2. The van der Waals surface area contributed by atoms with Gasteiger partial charge in [-0.1, -0.05) is 25.3 Å². The normalized spacial score (nSPS) is 15.4. The molecule has 0 heterocycles. The summed E-state index contributed by atoms with van der Waals surface area (Å²) in [6, 6.07) is 5.39. The molecule has 0 spiro atoms. The monoisotopic (exact) mass is 432 g/mol. The van der Waals surface area contributed by atoms with Crippen molar-refractivity contribution in [2.75, 3.05) is 6.26 Å². The average molecular weight is 432 g/mol. The molecule has 0 radical (unpaired) electrons. The Hall–Kier alpha value is -0.760. The van der Waals surface area contributed by atoms with E-state index < -0.39 is 0 Å². The molecule has 1 aromatic rings. The van der Waals surface area contributed by atoms with Crippen LogP contribution in [0.25, 0.3) is 0 Å². The van der Waals surface area contributed by atoms with E-state index in [4.69, 9.17) is 0 Å². The number of halogens is 1. The van der Waals surface area contributed by atoms with Crippen LogP contribution in [0, 0.1) is 10.5 Å². The van der Waals surface area contributed by atoms with Crippen molar-refractivity contribution in [3.63, 3.8) is 0 Å². The van der Waals surface area contributed by atoms with Gasteiger partial charge < -0.3 is 0 Å². The highest BCUT2D eigenvalue weighted by atomic mass is 127. The number of carbonyl (C=O) groups excluding carboxylic acids is 2. The van der Waals surface area contributed by atoms with E-state index in [0.717, 1.165) is 34.8 Å².